The van der Waals surface area contributed by atoms with Crippen molar-refractivity contribution in [3.05, 3.63) is 58.6 Å². The van der Waals surface area contributed by atoms with Gasteiger partial charge in [0.2, 0.25) is 5.91 Å². The molecule has 0 spiro atoms. The van der Waals surface area contributed by atoms with E-state index < -0.39 is 0 Å². The van der Waals surface area contributed by atoms with Gasteiger partial charge in [0.15, 0.2) is 5.13 Å². The first kappa shape index (κ1) is 19.6. The van der Waals surface area contributed by atoms with Crippen LogP contribution in [0.1, 0.15) is 36.1 Å². The molecule has 0 fully saturated rings. The van der Waals surface area contributed by atoms with Crippen molar-refractivity contribution in [2.75, 3.05) is 11.1 Å². The van der Waals surface area contributed by atoms with Crippen LogP contribution in [-0.4, -0.2) is 21.6 Å². The quantitative estimate of drug-likeness (QED) is 0.563. The molecule has 29 heavy (non-hydrogen) atoms. The van der Waals surface area contributed by atoms with Crippen LogP contribution in [0.2, 0.25) is 0 Å². The minimum atomic E-state index is -0.0806. The Labute approximate surface area is 178 Å². The number of rotatable bonds is 6. The van der Waals surface area contributed by atoms with E-state index in [9.17, 15) is 10.1 Å². The largest absolute Gasteiger partial charge is 0.302 e. The second-order valence-electron chi connectivity index (χ2n) is 6.82. The maximum atomic E-state index is 12.3. The highest BCUT2D eigenvalue weighted by Crippen LogP contribution is 2.28. The number of amides is 1. The lowest BCUT2D eigenvalue weighted by Crippen LogP contribution is -2.12. The van der Waals surface area contributed by atoms with Gasteiger partial charge in [0.1, 0.15) is 11.1 Å². The van der Waals surface area contributed by atoms with E-state index in [4.69, 9.17) is 4.98 Å². The lowest BCUT2D eigenvalue weighted by atomic mass is 9.95. The number of carbonyl (C=O) groups excluding carboxylic acids is 1. The van der Waals surface area contributed by atoms with Gasteiger partial charge in [0.05, 0.1) is 11.3 Å². The molecule has 3 aromatic rings. The number of carbonyl (C=O) groups is 1. The van der Waals surface area contributed by atoms with Crippen LogP contribution in [0.15, 0.2) is 46.8 Å². The third kappa shape index (κ3) is 4.84. The summed E-state index contributed by atoms with van der Waals surface area (Å²) in [6.45, 7) is 0. The number of fused-ring (bicyclic) bond motifs is 1. The van der Waals surface area contributed by atoms with E-state index in [0.717, 1.165) is 47.7 Å². The van der Waals surface area contributed by atoms with Gasteiger partial charge in [-0.2, -0.15) is 5.26 Å². The fourth-order valence-corrected chi connectivity index (χ4v) is 4.95. The molecule has 0 atom stereocenters. The van der Waals surface area contributed by atoms with Crippen molar-refractivity contribution < 1.29 is 4.79 Å². The monoisotopic (exact) mass is 420 g/mol. The van der Waals surface area contributed by atoms with E-state index in [-0.39, 0.29) is 5.91 Å². The van der Waals surface area contributed by atoms with Crippen LogP contribution < -0.4 is 5.32 Å². The lowest BCUT2D eigenvalue weighted by Gasteiger charge is -2.16. The number of nitriles is 1. The number of hydrogen-bond acceptors (Lipinski definition) is 6. The van der Waals surface area contributed by atoms with E-state index in [1.807, 2.05) is 41.8 Å². The maximum absolute atomic E-state index is 12.3. The molecular weight excluding hydrogens is 400 g/mol. The van der Waals surface area contributed by atoms with Gasteiger partial charge in [-0.1, -0.05) is 30.3 Å². The second kappa shape index (κ2) is 9.21. The summed E-state index contributed by atoms with van der Waals surface area (Å²) in [5.41, 5.74) is 4.81. The van der Waals surface area contributed by atoms with Crippen molar-refractivity contribution in [3.8, 4) is 17.3 Å². The predicted octanol–water partition coefficient (Wildman–Crippen LogP) is 5.08. The molecule has 4 rings (SSSR count). The first-order chi connectivity index (χ1) is 14.2. The molecule has 2 heterocycles. The Balaban J connectivity index is 1.33. The van der Waals surface area contributed by atoms with Crippen LogP contribution in [0.25, 0.3) is 11.3 Å². The molecular formula is C22H20N4OS2. The van der Waals surface area contributed by atoms with Gasteiger partial charge in [0.25, 0.3) is 0 Å². The fourth-order valence-electron chi connectivity index (χ4n) is 3.30. The number of nitrogens with one attached hydrogen (secondary N) is 1. The zero-order chi connectivity index (χ0) is 20.1. The zero-order valence-corrected chi connectivity index (χ0v) is 17.5. The highest BCUT2D eigenvalue weighted by molar-refractivity contribution is 7.99. The van der Waals surface area contributed by atoms with Gasteiger partial charge in [0, 0.05) is 28.8 Å². The number of aromatic nitrogens is 2. The summed E-state index contributed by atoms with van der Waals surface area (Å²) in [4.78, 5) is 21.5. The smallest absolute Gasteiger partial charge is 0.226 e. The first-order valence-electron chi connectivity index (χ1n) is 9.59. The van der Waals surface area contributed by atoms with Crippen molar-refractivity contribution in [2.24, 2.45) is 0 Å². The number of nitrogens with zero attached hydrogens (tertiary/aromatic N) is 3. The summed E-state index contributed by atoms with van der Waals surface area (Å²) in [6.07, 6.45) is 4.63. The topological polar surface area (TPSA) is 78.7 Å². The molecule has 1 amide bonds. The molecule has 1 aliphatic carbocycles. The van der Waals surface area contributed by atoms with E-state index >= 15 is 0 Å². The summed E-state index contributed by atoms with van der Waals surface area (Å²) in [5, 5.41) is 15.6. The SMILES string of the molecule is N#Cc1cc2c(nc1SCCC(=O)Nc1nc(-c3ccccc3)cs1)CCCC2. The van der Waals surface area contributed by atoms with E-state index in [2.05, 4.69) is 16.4 Å². The Morgan fingerprint density at radius 2 is 2.03 bits per heavy atom. The third-order valence-electron chi connectivity index (χ3n) is 4.77. The van der Waals surface area contributed by atoms with Crippen LogP contribution in [0.4, 0.5) is 5.13 Å². The van der Waals surface area contributed by atoms with Gasteiger partial charge in [-0.25, -0.2) is 9.97 Å². The maximum Gasteiger partial charge on any atom is 0.226 e. The molecule has 2 aromatic heterocycles. The van der Waals surface area contributed by atoms with Crippen LogP contribution in [0, 0.1) is 11.3 Å². The molecule has 1 aromatic carbocycles. The molecule has 0 unspecified atom stereocenters. The summed E-state index contributed by atoms with van der Waals surface area (Å²) in [5.74, 6) is 0.492. The van der Waals surface area contributed by atoms with Crippen molar-refractivity contribution >= 4 is 34.1 Å². The minimum Gasteiger partial charge on any atom is -0.302 e. The summed E-state index contributed by atoms with van der Waals surface area (Å²) in [7, 11) is 0. The van der Waals surface area contributed by atoms with Crippen molar-refractivity contribution in [3.63, 3.8) is 0 Å². The number of hydrogen-bond donors (Lipinski definition) is 1. The predicted molar refractivity (Wildman–Crippen MR) is 117 cm³/mol. The third-order valence-corrected chi connectivity index (χ3v) is 6.52. The Morgan fingerprint density at radius 3 is 2.86 bits per heavy atom. The van der Waals surface area contributed by atoms with Gasteiger partial charge in [-0.05, 0) is 37.3 Å². The van der Waals surface area contributed by atoms with Gasteiger partial charge < -0.3 is 5.32 Å². The summed E-state index contributed by atoms with van der Waals surface area (Å²) < 4.78 is 0. The molecule has 0 saturated heterocycles. The normalized spacial score (nSPS) is 12.8. The molecule has 1 aliphatic rings. The van der Waals surface area contributed by atoms with Crippen molar-refractivity contribution in [1.82, 2.24) is 9.97 Å². The number of benzene rings is 1. The number of thiazole rings is 1. The molecule has 1 N–H and O–H groups in total. The average molecular weight is 421 g/mol. The highest BCUT2D eigenvalue weighted by Gasteiger charge is 2.16. The zero-order valence-electron chi connectivity index (χ0n) is 15.9. The van der Waals surface area contributed by atoms with Crippen LogP contribution >= 0.6 is 23.1 Å². The second-order valence-corrected chi connectivity index (χ2v) is 8.76. The Bertz CT molecular complexity index is 1060. The van der Waals surface area contributed by atoms with Crippen molar-refractivity contribution in [2.45, 2.75) is 37.1 Å². The lowest BCUT2D eigenvalue weighted by molar-refractivity contribution is -0.115. The molecule has 0 radical (unpaired) electrons. The van der Waals surface area contributed by atoms with Gasteiger partial charge >= 0.3 is 0 Å². The number of thioether (sulfide) groups is 1. The highest BCUT2D eigenvalue weighted by atomic mass is 32.2. The van der Waals surface area contributed by atoms with Gasteiger partial charge in [-0.3, -0.25) is 4.79 Å². The summed E-state index contributed by atoms with van der Waals surface area (Å²) in [6, 6.07) is 14.1. The van der Waals surface area contributed by atoms with Gasteiger partial charge in [-0.15, -0.1) is 23.1 Å². The average Bonchev–Trinajstić information content (AvgIpc) is 3.22. The Kier molecular flexibility index (Phi) is 6.23. The number of pyridine rings is 1. The van der Waals surface area contributed by atoms with E-state index in [0.29, 0.717) is 22.9 Å². The number of aryl methyl sites for hydroxylation is 2. The van der Waals surface area contributed by atoms with E-state index in [1.54, 1.807) is 0 Å². The Morgan fingerprint density at radius 1 is 1.21 bits per heavy atom. The molecule has 5 nitrogen and oxygen atoms in total. The number of anilines is 1. The van der Waals surface area contributed by atoms with Crippen molar-refractivity contribution in [1.29, 1.82) is 5.26 Å². The fraction of sp³-hybridized carbons (Fsp3) is 0.273. The van der Waals surface area contributed by atoms with E-state index in [1.165, 1.54) is 28.7 Å². The van der Waals surface area contributed by atoms with Crippen LogP contribution in [0.5, 0.6) is 0 Å². The standard InChI is InChI=1S/C22H20N4OS2/c23-13-17-12-16-8-4-5-9-18(16)24-21(17)28-11-10-20(27)26-22-25-19(14-29-22)15-6-2-1-3-7-15/h1-3,6-7,12,14H,4-5,8-11H2,(H,25,26,27). The molecule has 0 bridgehead atoms. The summed E-state index contributed by atoms with van der Waals surface area (Å²) >= 11 is 2.89. The van der Waals surface area contributed by atoms with Crippen LogP contribution in [0.3, 0.4) is 0 Å². The Hall–Kier alpha value is -2.69. The minimum absolute atomic E-state index is 0.0806. The molecule has 0 saturated carbocycles. The first-order valence-corrected chi connectivity index (χ1v) is 11.5. The molecule has 7 heteroatoms. The molecule has 146 valence electrons. The van der Waals surface area contributed by atoms with Crippen LogP contribution in [-0.2, 0) is 17.6 Å². The molecule has 0 aliphatic heterocycles.